The second-order valence-corrected chi connectivity index (χ2v) is 4.17. The minimum atomic E-state index is -3.48. The fourth-order valence-corrected chi connectivity index (χ4v) is 1.03. The van der Waals surface area contributed by atoms with Crippen LogP contribution in [0.2, 0.25) is 0 Å². The maximum atomic E-state index is 11.0. The maximum Gasteiger partial charge on any atom is 0.529 e. The number of hydrogen-bond acceptors (Lipinski definition) is 4. The molecule has 4 nitrogen and oxygen atoms in total. The van der Waals surface area contributed by atoms with Crippen LogP contribution in [0, 0.1) is 0 Å². The molecule has 0 radical (unpaired) electrons. The Morgan fingerprint density at radius 1 is 1.33 bits per heavy atom. The summed E-state index contributed by atoms with van der Waals surface area (Å²) in [6, 6.07) is 0. The van der Waals surface area contributed by atoms with Crippen molar-refractivity contribution in [2.24, 2.45) is 0 Å². The van der Waals surface area contributed by atoms with Gasteiger partial charge in [-0.25, -0.2) is 4.57 Å². The zero-order valence-corrected chi connectivity index (χ0v) is 10.4. The molecule has 0 aliphatic carbocycles. The Hall–Kier alpha value is 0.700. The molecule has 0 aromatic rings. The highest BCUT2D eigenvalue weighted by Crippen LogP contribution is 2.48. The molecule has 0 fully saturated rings. The van der Waals surface area contributed by atoms with E-state index in [9.17, 15) is 4.57 Å². The molecule has 0 N–H and O–H groups in total. The van der Waals surface area contributed by atoms with Gasteiger partial charge in [-0.15, -0.1) is 0 Å². The summed E-state index contributed by atoms with van der Waals surface area (Å²) in [6.45, 7) is 0. The van der Waals surface area contributed by atoms with Crippen molar-refractivity contribution in [3.63, 3.8) is 0 Å². The topological polar surface area (TPSA) is 44.8 Å². The Bertz CT molecular complexity index is 183. The van der Waals surface area contributed by atoms with Gasteiger partial charge in [0.05, 0.1) is 0 Å². The van der Waals surface area contributed by atoms with E-state index in [1.165, 1.54) is 14.2 Å². The molecule has 0 saturated carbocycles. The van der Waals surface area contributed by atoms with Crippen LogP contribution in [0.4, 0.5) is 0 Å². The van der Waals surface area contributed by atoms with E-state index in [0.717, 1.165) is 6.26 Å². The molecule has 0 heterocycles. The Balaban J connectivity index is 0. The molecule has 0 saturated heterocycles. The number of phosphoric ester groups is 1. The van der Waals surface area contributed by atoms with E-state index < -0.39 is 7.82 Å². The molecule has 1 atom stereocenters. The van der Waals surface area contributed by atoms with Crippen LogP contribution < -0.4 is 0 Å². The van der Waals surface area contributed by atoms with Crippen LogP contribution in [0.1, 0.15) is 0 Å². The standard InChI is InChI=1S/C4H7Cl2O4P.H3P/c1-8-11(7,9-2)10-3-4(5)6;/h3H,1-2H3;1H3. The van der Waals surface area contributed by atoms with E-state index in [1.54, 1.807) is 0 Å². The zero-order valence-electron chi connectivity index (χ0n) is 6.62. The van der Waals surface area contributed by atoms with Gasteiger partial charge >= 0.3 is 7.82 Å². The van der Waals surface area contributed by atoms with Crippen molar-refractivity contribution in [3.8, 4) is 0 Å². The SMILES string of the molecule is COP(=O)(OC)OC=C(Cl)Cl.P. The van der Waals surface area contributed by atoms with Crippen LogP contribution in [-0.2, 0) is 18.1 Å². The Morgan fingerprint density at radius 2 is 1.75 bits per heavy atom. The molecule has 12 heavy (non-hydrogen) atoms. The van der Waals surface area contributed by atoms with E-state index in [4.69, 9.17) is 23.2 Å². The number of phosphoric acid groups is 1. The van der Waals surface area contributed by atoms with Gasteiger partial charge in [-0.2, -0.15) is 9.90 Å². The Kier molecular flexibility index (Phi) is 9.03. The summed E-state index contributed by atoms with van der Waals surface area (Å²) >= 11 is 10.3. The largest absolute Gasteiger partial charge is 0.529 e. The first-order chi connectivity index (χ1) is 5.04. The summed E-state index contributed by atoms with van der Waals surface area (Å²) in [7, 11) is -1.12. The molecule has 0 aromatic carbocycles. The van der Waals surface area contributed by atoms with Crippen LogP contribution in [0.3, 0.4) is 0 Å². The van der Waals surface area contributed by atoms with Gasteiger partial charge in [0.15, 0.2) is 0 Å². The van der Waals surface area contributed by atoms with Crippen molar-refractivity contribution in [2.75, 3.05) is 14.2 Å². The van der Waals surface area contributed by atoms with Gasteiger partial charge in [0.1, 0.15) is 10.8 Å². The molecule has 0 spiro atoms. The summed E-state index contributed by atoms with van der Waals surface area (Å²) in [5, 5.41) is 0. The van der Waals surface area contributed by atoms with E-state index in [2.05, 4.69) is 13.6 Å². The lowest BCUT2D eigenvalue weighted by molar-refractivity contribution is 0.194. The maximum absolute atomic E-state index is 11.0. The van der Waals surface area contributed by atoms with Crippen molar-refractivity contribution in [3.05, 3.63) is 10.8 Å². The Labute approximate surface area is 84.4 Å². The highest BCUT2D eigenvalue weighted by Gasteiger charge is 2.22. The molecule has 0 aromatic heterocycles. The highest BCUT2D eigenvalue weighted by molar-refractivity contribution is 7.48. The van der Waals surface area contributed by atoms with Crippen molar-refractivity contribution in [1.82, 2.24) is 0 Å². The highest BCUT2D eigenvalue weighted by atomic mass is 35.5. The fourth-order valence-electron chi connectivity index (χ4n) is 0.265. The lowest BCUT2D eigenvalue weighted by Gasteiger charge is -2.10. The summed E-state index contributed by atoms with van der Waals surface area (Å²) in [5.41, 5.74) is 0. The second kappa shape index (κ2) is 7.14. The molecule has 0 bridgehead atoms. The van der Waals surface area contributed by atoms with Gasteiger partial charge in [-0.3, -0.25) is 9.05 Å². The van der Waals surface area contributed by atoms with Gasteiger partial charge in [0, 0.05) is 14.2 Å². The molecule has 0 rings (SSSR count). The van der Waals surface area contributed by atoms with Gasteiger partial charge in [0.25, 0.3) is 0 Å². The Morgan fingerprint density at radius 3 is 2.00 bits per heavy atom. The van der Waals surface area contributed by atoms with Crippen molar-refractivity contribution >= 4 is 40.9 Å². The average molecular weight is 255 g/mol. The van der Waals surface area contributed by atoms with Crippen molar-refractivity contribution in [2.45, 2.75) is 0 Å². The first-order valence-electron chi connectivity index (χ1n) is 2.45. The van der Waals surface area contributed by atoms with Gasteiger partial charge in [0.2, 0.25) is 0 Å². The van der Waals surface area contributed by atoms with Gasteiger partial charge in [-0.05, 0) is 0 Å². The summed E-state index contributed by atoms with van der Waals surface area (Å²) < 4.78 is 24.1. The fraction of sp³-hybridized carbons (Fsp3) is 0.500. The van der Waals surface area contributed by atoms with E-state index in [1.807, 2.05) is 0 Å². The first-order valence-corrected chi connectivity index (χ1v) is 4.67. The summed E-state index contributed by atoms with van der Waals surface area (Å²) in [5.74, 6) is 0. The lowest BCUT2D eigenvalue weighted by atomic mass is 11.2. The van der Waals surface area contributed by atoms with Gasteiger partial charge < -0.3 is 4.52 Å². The van der Waals surface area contributed by atoms with Crippen molar-refractivity contribution in [1.29, 1.82) is 0 Å². The number of rotatable bonds is 4. The quantitative estimate of drug-likeness (QED) is 0.572. The molecule has 8 heteroatoms. The predicted molar refractivity (Wildman–Crippen MR) is 53.6 cm³/mol. The van der Waals surface area contributed by atoms with Crippen LogP contribution in [0.25, 0.3) is 0 Å². The van der Waals surface area contributed by atoms with Crippen molar-refractivity contribution < 1.29 is 18.1 Å². The molecule has 0 aliphatic rings. The predicted octanol–water partition coefficient (Wildman–Crippen LogP) is 2.74. The monoisotopic (exact) mass is 254 g/mol. The van der Waals surface area contributed by atoms with E-state index in [-0.39, 0.29) is 14.4 Å². The second-order valence-electron chi connectivity index (χ2n) is 1.33. The molecular formula is C4H10Cl2O4P2. The van der Waals surface area contributed by atoms with E-state index in [0.29, 0.717) is 0 Å². The molecule has 0 amide bonds. The smallest absolute Gasteiger partial charge is 0.409 e. The van der Waals surface area contributed by atoms with E-state index >= 15 is 0 Å². The third kappa shape index (κ3) is 6.24. The van der Waals surface area contributed by atoms with Crippen LogP contribution >= 0.6 is 40.9 Å². The normalized spacial score (nSPS) is 10.0. The van der Waals surface area contributed by atoms with Gasteiger partial charge in [-0.1, -0.05) is 23.2 Å². The first kappa shape index (κ1) is 15.2. The summed E-state index contributed by atoms with van der Waals surface area (Å²) in [6.07, 6.45) is 0.872. The number of halogens is 2. The van der Waals surface area contributed by atoms with Crippen LogP contribution in [0.5, 0.6) is 0 Å². The third-order valence-corrected chi connectivity index (χ3v) is 2.15. The molecule has 0 aliphatic heterocycles. The minimum absolute atomic E-state index is 0. The minimum Gasteiger partial charge on any atom is -0.409 e. The molecule has 1 unspecified atom stereocenters. The van der Waals surface area contributed by atoms with Crippen LogP contribution in [0.15, 0.2) is 10.8 Å². The summed E-state index contributed by atoms with van der Waals surface area (Å²) in [4.78, 5) is 0. The third-order valence-electron chi connectivity index (χ3n) is 0.718. The zero-order chi connectivity index (χ0) is 8.91. The number of hydrogen-bond donors (Lipinski definition) is 0. The lowest BCUT2D eigenvalue weighted by Crippen LogP contribution is -1.88. The molecular weight excluding hydrogens is 245 g/mol. The average Bonchev–Trinajstić information content (AvgIpc) is 2.00. The molecule has 74 valence electrons. The van der Waals surface area contributed by atoms with Crippen LogP contribution in [-0.4, -0.2) is 14.2 Å².